The van der Waals surface area contributed by atoms with Crippen LogP contribution in [0.15, 0.2) is 84.0 Å². The van der Waals surface area contributed by atoms with Gasteiger partial charge in [-0.1, -0.05) is 29.4 Å². The standard InChI is InChI=1S/C23H16N6/c24-19-7-1-15(2-8-19)18-13-22(16-3-9-20(25)10-4-16)27-23(14-18)17-5-11-21(12-6-17)28-29-26/h1-14,24-25H/q+2. The summed E-state index contributed by atoms with van der Waals surface area (Å²) in [5.41, 5.74) is 14.5. The predicted octanol–water partition coefficient (Wildman–Crippen LogP) is 5.94. The van der Waals surface area contributed by atoms with Crippen LogP contribution in [0.1, 0.15) is 11.3 Å². The van der Waals surface area contributed by atoms with Crippen molar-refractivity contribution in [1.82, 2.24) is 4.98 Å². The van der Waals surface area contributed by atoms with E-state index >= 15 is 0 Å². The average Bonchev–Trinajstić information content (AvgIpc) is 2.75. The zero-order valence-electron chi connectivity index (χ0n) is 15.4. The van der Waals surface area contributed by atoms with E-state index in [0.717, 1.165) is 34.0 Å². The molecule has 0 radical (unpaired) electrons. The van der Waals surface area contributed by atoms with Crippen LogP contribution < -0.4 is 0 Å². The summed E-state index contributed by atoms with van der Waals surface area (Å²) < 4.78 is 0. The summed E-state index contributed by atoms with van der Waals surface area (Å²) in [5.74, 6) is 0.923. The van der Waals surface area contributed by atoms with E-state index in [-0.39, 0.29) is 0 Å². The monoisotopic (exact) mass is 376 g/mol. The van der Waals surface area contributed by atoms with Crippen molar-refractivity contribution in [3.63, 3.8) is 0 Å². The first-order chi connectivity index (χ1) is 14.1. The van der Waals surface area contributed by atoms with E-state index in [0.29, 0.717) is 17.1 Å². The topological polar surface area (TPSA) is 109 Å². The normalized spacial score (nSPS) is 15.0. The zero-order chi connectivity index (χ0) is 20.2. The van der Waals surface area contributed by atoms with Crippen molar-refractivity contribution in [1.29, 1.82) is 10.8 Å². The summed E-state index contributed by atoms with van der Waals surface area (Å²) in [6, 6.07) is 11.3. The molecule has 0 atom stereocenters. The Balaban J connectivity index is 1.79. The lowest BCUT2D eigenvalue weighted by atomic mass is 9.92. The van der Waals surface area contributed by atoms with Crippen molar-refractivity contribution >= 4 is 22.7 Å². The number of pyridine rings is 1. The Kier molecular flexibility index (Phi) is 4.84. The summed E-state index contributed by atoms with van der Waals surface area (Å²) in [5, 5.41) is 19.0. The first-order valence-electron chi connectivity index (χ1n) is 8.94. The summed E-state index contributed by atoms with van der Waals surface area (Å²) >= 11 is 0. The largest absolute Gasteiger partial charge is 0.282 e. The third-order valence-corrected chi connectivity index (χ3v) is 4.55. The maximum absolute atomic E-state index is 8.59. The average molecular weight is 376 g/mol. The van der Waals surface area contributed by atoms with Gasteiger partial charge in [0, 0.05) is 40.5 Å². The molecule has 6 nitrogen and oxygen atoms in total. The molecule has 0 spiro atoms. The van der Waals surface area contributed by atoms with Gasteiger partial charge < -0.3 is 0 Å². The second kappa shape index (κ2) is 7.76. The molecule has 0 amide bonds. The molecule has 1 heterocycles. The van der Waals surface area contributed by atoms with Gasteiger partial charge in [0.2, 0.25) is 0 Å². The summed E-state index contributed by atoms with van der Waals surface area (Å²) in [4.78, 5) is 7.63. The van der Waals surface area contributed by atoms with E-state index in [1.165, 1.54) is 0 Å². The Morgan fingerprint density at radius 3 is 2.38 bits per heavy atom. The van der Waals surface area contributed by atoms with Gasteiger partial charge in [0.25, 0.3) is 0 Å². The Bertz CT molecular complexity index is 1140. The predicted molar refractivity (Wildman–Crippen MR) is 116 cm³/mol. The highest BCUT2D eigenvalue weighted by atomic mass is 15.1. The Morgan fingerprint density at radius 1 is 0.966 bits per heavy atom. The number of allylic oxidation sites excluding steroid dienone is 8. The molecule has 0 bridgehead atoms. The fourth-order valence-electron chi connectivity index (χ4n) is 3.05. The molecule has 0 saturated carbocycles. The van der Waals surface area contributed by atoms with Crippen LogP contribution in [-0.2, 0) is 0 Å². The number of hydrogen-bond acceptors (Lipinski definition) is 4. The maximum atomic E-state index is 8.59. The van der Waals surface area contributed by atoms with Gasteiger partial charge in [0.15, 0.2) is 11.4 Å². The summed E-state index contributed by atoms with van der Waals surface area (Å²) in [7, 11) is 0. The number of nitrogens with one attached hydrogen (secondary N) is 2. The van der Waals surface area contributed by atoms with Crippen LogP contribution in [0.4, 0.5) is 5.69 Å². The first kappa shape index (κ1) is 18.1. The molecule has 136 valence electrons. The molecule has 1 aromatic carbocycles. The van der Waals surface area contributed by atoms with E-state index in [4.69, 9.17) is 21.3 Å². The molecule has 2 N–H and O–H groups in total. The minimum atomic E-state index is 0.449. The number of hydrogen-bond donors (Lipinski definition) is 2. The third-order valence-electron chi connectivity index (χ3n) is 4.55. The highest BCUT2D eigenvalue weighted by molar-refractivity contribution is 6.06. The van der Waals surface area contributed by atoms with Gasteiger partial charge in [0.1, 0.15) is 5.71 Å². The Labute approximate surface area is 168 Å². The second-order valence-electron chi connectivity index (χ2n) is 6.52. The Hall–Kier alpha value is -4.28. The van der Waals surface area contributed by atoms with Crippen molar-refractivity contribution in [2.45, 2.75) is 0 Å². The van der Waals surface area contributed by atoms with Crippen molar-refractivity contribution in [2.75, 3.05) is 0 Å². The minimum absolute atomic E-state index is 0.449. The van der Waals surface area contributed by atoms with Gasteiger partial charge in [-0.15, -0.1) is 0 Å². The number of nitrogens with zero attached hydrogens (tertiary/aromatic N) is 4. The second-order valence-corrected chi connectivity index (χ2v) is 6.52. The number of benzene rings is 1. The lowest BCUT2D eigenvalue weighted by molar-refractivity contribution is 1.17. The molecule has 6 heteroatoms. The maximum Gasteiger partial charge on any atom is 0.165 e. The third kappa shape index (κ3) is 4.03. The van der Waals surface area contributed by atoms with Crippen LogP contribution in [0.2, 0.25) is 0 Å². The van der Waals surface area contributed by atoms with Crippen molar-refractivity contribution in [2.24, 2.45) is 5.11 Å². The molecular formula is C23H16N6+2. The molecule has 0 unspecified atom stereocenters. The van der Waals surface area contributed by atoms with Crippen molar-refractivity contribution in [3.8, 4) is 11.3 Å². The first-order valence-corrected chi connectivity index (χ1v) is 8.94. The van der Waals surface area contributed by atoms with E-state index in [1.54, 1.807) is 36.8 Å². The van der Waals surface area contributed by atoms with Gasteiger partial charge >= 0.3 is 0 Å². The number of aromatic nitrogens is 1. The summed E-state index contributed by atoms with van der Waals surface area (Å²) in [6.07, 6.45) is 14.6. The van der Waals surface area contributed by atoms with Crippen LogP contribution in [0, 0.1) is 23.2 Å². The lowest BCUT2D eigenvalue weighted by Crippen LogP contribution is -2.05. The molecular weight excluding hydrogens is 360 g/mol. The van der Waals surface area contributed by atoms with E-state index in [2.05, 4.69) is 10.0 Å². The minimum Gasteiger partial charge on any atom is -0.282 e. The lowest BCUT2D eigenvalue weighted by Gasteiger charge is -2.10. The van der Waals surface area contributed by atoms with Gasteiger partial charge in [-0.05, 0) is 11.6 Å². The highest BCUT2D eigenvalue weighted by Crippen LogP contribution is 2.30. The summed E-state index contributed by atoms with van der Waals surface area (Å²) in [6.45, 7) is 0. The molecule has 29 heavy (non-hydrogen) atoms. The van der Waals surface area contributed by atoms with Crippen molar-refractivity contribution < 1.29 is 0 Å². The fourth-order valence-corrected chi connectivity index (χ4v) is 3.05. The van der Waals surface area contributed by atoms with Crippen molar-refractivity contribution in [3.05, 3.63) is 113 Å². The molecule has 2 aliphatic carbocycles. The van der Waals surface area contributed by atoms with Gasteiger partial charge in [-0.25, -0.2) is 4.98 Å². The van der Waals surface area contributed by atoms with Crippen LogP contribution in [0.5, 0.6) is 0 Å². The van der Waals surface area contributed by atoms with Gasteiger partial charge in [0.05, 0.1) is 53.5 Å². The molecule has 0 fully saturated rings. The van der Waals surface area contributed by atoms with E-state index in [9.17, 15) is 0 Å². The molecule has 0 aliphatic heterocycles. The molecule has 1 aromatic heterocycles. The van der Waals surface area contributed by atoms with Crippen LogP contribution in [-0.4, -0.2) is 16.4 Å². The quantitative estimate of drug-likeness (QED) is 0.293. The smallest absolute Gasteiger partial charge is 0.165 e. The highest BCUT2D eigenvalue weighted by Gasteiger charge is 2.22. The van der Waals surface area contributed by atoms with Crippen LogP contribution >= 0.6 is 0 Å². The zero-order valence-corrected chi connectivity index (χ0v) is 15.4. The molecule has 2 aromatic rings. The fraction of sp³-hybridized carbons (Fsp3) is 0. The van der Waals surface area contributed by atoms with Crippen LogP contribution in [0.25, 0.3) is 27.3 Å². The number of rotatable bonds is 4. The van der Waals surface area contributed by atoms with E-state index in [1.807, 2.05) is 48.6 Å². The number of azide groups is 1. The Morgan fingerprint density at radius 2 is 1.72 bits per heavy atom. The van der Waals surface area contributed by atoms with Gasteiger partial charge in [-0.2, -0.15) is 0 Å². The van der Waals surface area contributed by atoms with E-state index < -0.39 is 0 Å². The molecule has 2 aliphatic rings. The van der Waals surface area contributed by atoms with Gasteiger partial charge in [-0.3, -0.25) is 10.8 Å². The SMILES string of the molecule is [N-]=[N+]=Nc1ccc(-c2cc(C3=C[CH+]C(=N)C=C3)cc([C+]3C=CC(=N)C=C3)n2)cc1. The van der Waals surface area contributed by atoms with Crippen LogP contribution in [0.3, 0.4) is 0 Å². The molecule has 4 rings (SSSR count). The molecule has 0 saturated heterocycles.